The Labute approximate surface area is 126 Å². The third-order valence-corrected chi connectivity index (χ3v) is 4.01. The first kappa shape index (κ1) is 14.0. The van der Waals surface area contributed by atoms with Crippen molar-refractivity contribution < 1.29 is 9.47 Å². The van der Waals surface area contributed by atoms with Gasteiger partial charge in [-0.3, -0.25) is 4.57 Å². The van der Waals surface area contributed by atoms with Gasteiger partial charge in [0.1, 0.15) is 6.61 Å². The van der Waals surface area contributed by atoms with E-state index in [0.717, 1.165) is 21.3 Å². The first-order valence-electron chi connectivity index (χ1n) is 6.59. The number of thiazole rings is 1. The van der Waals surface area contributed by atoms with Crippen molar-refractivity contribution in [2.24, 2.45) is 0 Å². The monoisotopic (exact) mass is 304 g/mol. The fraction of sp³-hybridized carbons (Fsp3) is 0.357. The van der Waals surface area contributed by atoms with Crippen LogP contribution in [0.1, 0.15) is 11.4 Å². The number of rotatable bonds is 5. The average molecular weight is 304 g/mol. The van der Waals surface area contributed by atoms with Gasteiger partial charge in [0.05, 0.1) is 12.8 Å². The van der Waals surface area contributed by atoms with Crippen LogP contribution in [0.2, 0.25) is 0 Å². The number of fused-ring (bicyclic) bond motifs is 1. The second-order valence-corrected chi connectivity index (χ2v) is 5.58. The Kier molecular flexibility index (Phi) is 3.85. The van der Waals surface area contributed by atoms with E-state index in [2.05, 4.69) is 45.5 Å². The van der Waals surface area contributed by atoms with E-state index in [9.17, 15) is 0 Å². The minimum absolute atomic E-state index is 0.457. The van der Waals surface area contributed by atoms with Crippen molar-refractivity contribution in [1.82, 2.24) is 19.5 Å². The lowest BCUT2D eigenvalue weighted by molar-refractivity contribution is 0.144. The molecule has 0 spiro atoms. The zero-order valence-corrected chi connectivity index (χ0v) is 13.0. The van der Waals surface area contributed by atoms with Gasteiger partial charge in [-0.2, -0.15) is 9.97 Å². The summed E-state index contributed by atoms with van der Waals surface area (Å²) in [7, 11) is 1.63. The molecule has 3 aromatic rings. The van der Waals surface area contributed by atoms with Crippen LogP contribution in [0.15, 0.2) is 18.3 Å². The molecule has 0 radical (unpaired) electrons. The highest BCUT2D eigenvalue weighted by Crippen LogP contribution is 2.26. The molecule has 0 fully saturated rings. The molecule has 0 aliphatic rings. The number of hydrogen-bond donors (Lipinski definition) is 0. The van der Waals surface area contributed by atoms with Gasteiger partial charge in [0, 0.05) is 18.5 Å². The molecule has 21 heavy (non-hydrogen) atoms. The summed E-state index contributed by atoms with van der Waals surface area (Å²) in [6, 6.07) is 4.14. The van der Waals surface area contributed by atoms with Crippen LogP contribution in [0.5, 0.6) is 5.88 Å². The van der Waals surface area contributed by atoms with Crippen LogP contribution < -0.4 is 4.74 Å². The molecular weight excluding hydrogens is 288 g/mol. The normalized spacial score (nSPS) is 11.2. The summed E-state index contributed by atoms with van der Waals surface area (Å²) in [4.78, 5) is 14.1. The summed E-state index contributed by atoms with van der Waals surface area (Å²) >= 11 is 1.50. The number of aryl methyl sites for hydroxylation is 2. The molecule has 0 aromatic carbocycles. The molecule has 0 saturated carbocycles. The van der Waals surface area contributed by atoms with E-state index in [1.54, 1.807) is 13.3 Å². The van der Waals surface area contributed by atoms with Crippen LogP contribution in [0.25, 0.3) is 15.6 Å². The van der Waals surface area contributed by atoms with Crippen LogP contribution in [0, 0.1) is 13.8 Å². The molecule has 0 unspecified atom stereocenters. The molecule has 7 heteroatoms. The van der Waals surface area contributed by atoms with E-state index in [4.69, 9.17) is 9.47 Å². The van der Waals surface area contributed by atoms with E-state index < -0.39 is 0 Å². The van der Waals surface area contributed by atoms with E-state index in [0.29, 0.717) is 24.7 Å². The highest BCUT2D eigenvalue weighted by molar-refractivity contribution is 7.20. The van der Waals surface area contributed by atoms with Gasteiger partial charge in [-0.1, -0.05) is 11.3 Å². The van der Waals surface area contributed by atoms with Gasteiger partial charge < -0.3 is 9.47 Å². The summed E-state index contributed by atoms with van der Waals surface area (Å²) in [5, 5.41) is 0.874. The van der Waals surface area contributed by atoms with E-state index >= 15 is 0 Å². The summed E-state index contributed by atoms with van der Waals surface area (Å²) in [6.45, 7) is 5.09. The minimum atomic E-state index is 0.457. The molecule has 0 aliphatic heterocycles. The van der Waals surface area contributed by atoms with Gasteiger partial charge in [-0.15, -0.1) is 0 Å². The molecular formula is C14H16N4O2S. The van der Waals surface area contributed by atoms with E-state index in [1.165, 1.54) is 11.3 Å². The Morgan fingerprint density at radius 1 is 1.14 bits per heavy atom. The van der Waals surface area contributed by atoms with Gasteiger partial charge >= 0.3 is 0 Å². The highest BCUT2D eigenvalue weighted by Gasteiger charge is 2.12. The van der Waals surface area contributed by atoms with Crippen LogP contribution >= 0.6 is 11.3 Å². The van der Waals surface area contributed by atoms with Crippen LogP contribution in [0.3, 0.4) is 0 Å². The molecule has 0 bridgehead atoms. The number of hydrogen-bond acceptors (Lipinski definition) is 6. The molecule has 110 valence electrons. The Morgan fingerprint density at radius 2 is 1.90 bits per heavy atom. The lowest BCUT2D eigenvalue weighted by Gasteiger charge is -2.02. The maximum atomic E-state index is 5.48. The minimum Gasteiger partial charge on any atom is -0.474 e. The molecule has 0 saturated heterocycles. The Balaban J connectivity index is 1.93. The maximum Gasteiger partial charge on any atom is 0.233 e. The molecule has 0 amide bonds. The fourth-order valence-corrected chi connectivity index (χ4v) is 3.07. The molecule has 3 heterocycles. The predicted octanol–water partition coefficient (Wildman–Crippen LogP) is 2.52. The molecule has 0 N–H and O–H groups in total. The Bertz CT molecular complexity index is 746. The topological polar surface area (TPSA) is 62.1 Å². The standard InChI is InChI=1S/C14H16N4O2S/c1-9-4-5-10(2)18(9)14-17-12-13(21-14)16-11(8-15-12)20-7-6-19-3/h4-5,8H,6-7H2,1-3H3. The smallest absolute Gasteiger partial charge is 0.233 e. The zero-order valence-electron chi connectivity index (χ0n) is 12.2. The van der Waals surface area contributed by atoms with Crippen LogP contribution in [-0.2, 0) is 4.74 Å². The zero-order chi connectivity index (χ0) is 14.8. The van der Waals surface area contributed by atoms with Crippen molar-refractivity contribution in [3.63, 3.8) is 0 Å². The Morgan fingerprint density at radius 3 is 2.62 bits per heavy atom. The average Bonchev–Trinajstić information content (AvgIpc) is 3.01. The molecule has 6 nitrogen and oxygen atoms in total. The SMILES string of the molecule is COCCOc1cnc2nc(-n3c(C)ccc3C)sc2n1. The van der Waals surface area contributed by atoms with Crippen molar-refractivity contribution in [3.8, 4) is 11.0 Å². The lowest BCUT2D eigenvalue weighted by atomic mass is 10.5. The van der Waals surface area contributed by atoms with Crippen LogP contribution in [-0.4, -0.2) is 39.8 Å². The van der Waals surface area contributed by atoms with Gasteiger partial charge in [0.25, 0.3) is 0 Å². The van der Waals surface area contributed by atoms with E-state index in [1.807, 2.05) is 0 Å². The summed E-state index contributed by atoms with van der Waals surface area (Å²) < 4.78 is 12.5. The Hall–Kier alpha value is -1.99. The van der Waals surface area contributed by atoms with Crippen molar-refractivity contribution in [1.29, 1.82) is 0 Å². The predicted molar refractivity (Wildman–Crippen MR) is 81.4 cm³/mol. The van der Waals surface area contributed by atoms with Gasteiger partial charge in [0.2, 0.25) is 5.88 Å². The van der Waals surface area contributed by atoms with Crippen molar-refractivity contribution >= 4 is 21.8 Å². The largest absolute Gasteiger partial charge is 0.474 e. The first-order chi connectivity index (χ1) is 10.2. The summed E-state index contributed by atoms with van der Waals surface area (Å²) in [6.07, 6.45) is 1.59. The van der Waals surface area contributed by atoms with Crippen molar-refractivity contribution in [2.75, 3.05) is 20.3 Å². The number of aromatic nitrogens is 4. The van der Waals surface area contributed by atoms with E-state index in [-0.39, 0.29) is 0 Å². The highest BCUT2D eigenvalue weighted by atomic mass is 32.1. The first-order valence-corrected chi connectivity index (χ1v) is 7.41. The summed E-state index contributed by atoms with van der Waals surface area (Å²) in [5.74, 6) is 0.496. The quantitative estimate of drug-likeness (QED) is 0.678. The third kappa shape index (κ3) is 2.74. The summed E-state index contributed by atoms with van der Waals surface area (Å²) in [5.41, 5.74) is 2.92. The molecule has 3 aromatic heterocycles. The molecule has 0 atom stereocenters. The third-order valence-electron chi connectivity index (χ3n) is 3.09. The number of methoxy groups -OCH3 is 1. The molecule has 0 aliphatic carbocycles. The number of nitrogens with zero attached hydrogens (tertiary/aromatic N) is 4. The molecule has 3 rings (SSSR count). The fourth-order valence-electron chi connectivity index (χ4n) is 2.06. The van der Waals surface area contributed by atoms with Gasteiger partial charge in [-0.25, -0.2) is 4.98 Å². The lowest BCUT2D eigenvalue weighted by Crippen LogP contribution is -2.05. The van der Waals surface area contributed by atoms with Crippen LogP contribution in [0.4, 0.5) is 0 Å². The second kappa shape index (κ2) is 5.79. The van der Waals surface area contributed by atoms with Crippen molar-refractivity contribution in [2.45, 2.75) is 13.8 Å². The van der Waals surface area contributed by atoms with Gasteiger partial charge in [-0.05, 0) is 26.0 Å². The maximum absolute atomic E-state index is 5.48. The van der Waals surface area contributed by atoms with Gasteiger partial charge in [0.15, 0.2) is 15.6 Å². The van der Waals surface area contributed by atoms with Crippen molar-refractivity contribution in [3.05, 3.63) is 29.7 Å². The second-order valence-electron chi connectivity index (χ2n) is 4.63. The number of ether oxygens (including phenoxy) is 2.